The number of nitrogens with zero attached hydrogens (tertiary/aromatic N) is 1. The van der Waals surface area contributed by atoms with Crippen molar-refractivity contribution in [2.75, 3.05) is 6.61 Å². The van der Waals surface area contributed by atoms with Crippen molar-refractivity contribution < 1.29 is 4.74 Å². The largest absolute Gasteiger partial charge is 0.493 e. The van der Waals surface area contributed by atoms with E-state index < -0.39 is 0 Å². The standard InChI is InChI=1S/C13H13BrN2OS/c14-9-1-2-12-10(7-9)11(3-5-17-12)16-8-13-15-4-6-18-13/h1-2,4,6-7,11,16H,3,5,8H2. The molecule has 0 fully saturated rings. The van der Waals surface area contributed by atoms with E-state index in [1.165, 1.54) is 5.56 Å². The Balaban J connectivity index is 1.76. The number of hydrogen-bond donors (Lipinski definition) is 1. The third kappa shape index (κ3) is 2.58. The molecule has 2 aromatic rings. The van der Waals surface area contributed by atoms with Gasteiger partial charge in [0.1, 0.15) is 10.8 Å². The van der Waals surface area contributed by atoms with E-state index in [1.807, 2.05) is 23.7 Å². The van der Waals surface area contributed by atoms with Gasteiger partial charge in [-0.1, -0.05) is 15.9 Å². The molecule has 0 aliphatic carbocycles. The smallest absolute Gasteiger partial charge is 0.124 e. The van der Waals surface area contributed by atoms with Crippen LogP contribution >= 0.6 is 27.3 Å². The number of ether oxygens (including phenoxy) is 1. The number of halogens is 1. The maximum Gasteiger partial charge on any atom is 0.124 e. The van der Waals surface area contributed by atoms with E-state index in [0.717, 1.165) is 34.8 Å². The Morgan fingerprint density at radius 1 is 1.50 bits per heavy atom. The summed E-state index contributed by atoms with van der Waals surface area (Å²) in [5.74, 6) is 0.987. The maximum absolute atomic E-state index is 5.67. The number of nitrogens with one attached hydrogen (secondary N) is 1. The molecule has 1 aromatic heterocycles. The summed E-state index contributed by atoms with van der Waals surface area (Å²) in [5.41, 5.74) is 1.23. The summed E-state index contributed by atoms with van der Waals surface area (Å²) in [5, 5.41) is 6.68. The van der Waals surface area contributed by atoms with Crippen molar-refractivity contribution in [3.63, 3.8) is 0 Å². The van der Waals surface area contributed by atoms with E-state index in [2.05, 4.69) is 32.3 Å². The molecule has 0 bridgehead atoms. The zero-order valence-electron chi connectivity index (χ0n) is 9.73. The van der Waals surface area contributed by atoms with Crippen molar-refractivity contribution in [2.45, 2.75) is 19.0 Å². The molecular weight excluding hydrogens is 312 g/mol. The van der Waals surface area contributed by atoms with Crippen molar-refractivity contribution in [3.05, 3.63) is 44.8 Å². The lowest BCUT2D eigenvalue weighted by Gasteiger charge is -2.26. The van der Waals surface area contributed by atoms with E-state index >= 15 is 0 Å². The molecule has 1 aliphatic rings. The van der Waals surface area contributed by atoms with E-state index in [-0.39, 0.29) is 0 Å². The van der Waals surface area contributed by atoms with Crippen LogP contribution in [0.4, 0.5) is 0 Å². The van der Waals surface area contributed by atoms with Crippen LogP contribution in [0.25, 0.3) is 0 Å². The highest BCUT2D eigenvalue weighted by atomic mass is 79.9. The third-order valence-electron chi connectivity index (χ3n) is 2.99. The predicted octanol–water partition coefficient (Wildman–Crippen LogP) is 3.52. The molecule has 0 saturated carbocycles. The molecule has 1 aromatic carbocycles. The molecule has 18 heavy (non-hydrogen) atoms. The van der Waals surface area contributed by atoms with Gasteiger partial charge in [-0.2, -0.15) is 0 Å². The third-order valence-corrected chi connectivity index (χ3v) is 4.27. The van der Waals surface area contributed by atoms with Crippen molar-refractivity contribution in [1.82, 2.24) is 10.3 Å². The van der Waals surface area contributed by atoms with Crippen LogP contribution in [0.1, 0.15) is 23.0 Å². The van der Waals surface area contributed by atoms with Crippen LogP contribution in [0.3, 0.4) is 0 Å². The number of rotatable bonds is 3. The second kappa shape index (κ2) is 5.38. The molecular formula is C13H13BrN2OS. The Labute approximate surface area is 118 Å². The lowest BCUT2D eigenvalue weighted by Crippen LogP contribution is -2.26. The molecule has 1 aliphatic heterocycles. The average molecular weight is 325 g/mol. The first kappa shape index (κ1) is 12.1. The molecule has 0 amide bonds. The SMILES string of the molecule is Brc1ccc2c(c1)C(NCc1nccs1)CCO2. The Morgan fingerprint density at radius 2 is 2.44 bits per heavy atom. The highest BCUT2D eigenvalue weighted by Crippen LogP contribution is 2.34. The predicted molar refractivity (Wildman–Crippen MR) is 75.9 cm³/mol. The zero-order chi connectivity index (χ0) is 12.4. The number of benzene rings is 1. The lowest BCUT2D eigenvalue weighted by atomic mass is 10.0. The second-order valence-corrected chi connectivity index (χ2v) is 6.07. The minimum Gasteiger partial charge on any atom is -0.493 e. The molecule has 5 heteroatoms. The lowest BCUT2D eigenvalue weighted by molar-refractivity contribution is 0.252. The van der Waals surface area contributed by atoms with Gasteiger partial charge in [-0.3, -0.25) is 0 Å². The first-order valence-corrected chi connectivity index (χ1v) is 7.54. The molecule has 1 unspecified atom stereocenters. The number of hydrogen-bond acceptors (Lipinski definition) is 4. The highest BCUT2D eigenvalue weighted by Gasteiger charge is 2.21. The average Bonchev–Trinajstić information content (AvgIpc) is 2.89. The molecule has 3 rings (SSSR count). The minimum absolute atomic E-state index is 0.343. The van der Waals surface area contributed by atoms with Gasteiger partial charge in [0.05, 0.1) is 6.61 Å². The van der Waals surface area contributed by atoms with Crippen LogP contribution in [0.2, 0.25) is 0 Å². The van der Waals surface area contributed by atoms with E-state index in [9.17, 15) is 0 Å². The van der Waals surface area contributed by atoms with Crippen LogP contribution in [-0.2, 0) is 6.54 Å². The topological polar surface area (TPSA) is 34.2 Å². The van der Waals surface area contributed by atoms with Gasteiger partial charge in [0.15, 0.2) is 0 Å². The molecule has 1 N–H and O–H groups in total. The Morgan fingerprint density at radius 3 is 3.28 bits per heavy atom. The van der Waals surface area contributed by atoms with Crippen molar-refractivity contribution in [3.8, 4) is 5.75 Å². The second-order valence-electron chi connectivity index (χ2n) is 4.18. The number of aromatic nitrogens is 1. The summed E-state index contributed by atoms with van der Waals surface area (Å²) in [4.78, 5) is 4.29. The normalized spacial score (nSPS) is 18.2. The van der Waals surface area contributed by atoms with Gasteiger partial charge in [-0.05, 0) is 18.2 Å². The fourth-order valence-electron chi connectivity index (χ4n) is 2.13. The van der Waals surface area contributed by atoms with Crippen molar-refractivity contribution >= 4 is 27.3 Å². The van der Waals surface area contributed by atoms with Crippen LogP contribution in [-0.4, -0.2) is 11.6 Å². The monoisotopic (exact) mass is 324 g/mol. The quantitative estimate of drug-likeness (QED) is 0.938. The Bertz CT molecular complexity index is 530. The minimum atomic E-state index is 0.343. The summed E-state index contributed by atoms with van der Waals surface area (Å²) >= 11 is 5.20. The summed E-state index contributed by atoms with van der Waals surface area (Å²) in [6.07, 6.45) is 2.84. The summed E-state index contributed by atoms with van der Waals surface area (Å²) < 4.78 is 6.76. The van der Waals surface area contributed by atoms with E-state index in [4.69, 9.17) is 4.74 Å². The Hall–Kier alpha value is -0.910. The van der Waals surface area contributed by atoms with Crippen LogP contribution < -0.4 is 10.1 Å². The fraction of sp³-hybridized carbons (Fsp3) is 0.308. The molecule has 3 nitrogen and oxygen atoms in total. The van der Waals surface area contributed by atoms with Gasteiger partial charge < -0.3 is 10.1 Å². The molecule has 0 radical (unpaired) electrons. The van der Waals surface area contributed by atoms with E-state index in [1.54, 1.807) is 11.3 Å². The van der Waals surface area contributed by atoms with Gasteiger partial charge in [0.25, 0.3) is 0 Å². The maximum atomic E-state index is 5.67. The summed E-state index contributed by atoms with van der Waals surface area (Å²) in [6.45, 7) is 1.58. The first-order valence-electron chi connectivity index (χ1n) is 5.87. The molecule has 1 atom stereocenters. The first-order chi connectivity index (χ1) is 8.83. The van der Waals surface area contributed by atoms with Gasteiger partial charge >= 0.3 is 0 Å². The zero-order valence-corrected chi connectivity index (χ0v) is 12.1. The van der Waals surface area contributed by atoms with Crippen molar-refractivity contribution in [1.29, 1.82) is 0 Å². The van der Waals surface area contributed by atoms with Crippen LogP contribution in [0.15, 0.2) is 34.2 Å². The highest BCUT2D eigenvalue weighted by molar-refractivity contribution is 9.10. The van der Waals surface area contributed by atoms with Gasteiger partial charge in [0.2, 0.25) is 0 Å². The molecule has 2 heterocycles. The summed E-state index contributed by atoms with van der Waals surface area (Å²) in [7, 11) is 0. The Kier molecular flexibility index (Phi) is 3.63. The molecule has 0 spiro atoms. The molecule has 0 saturated heterocycles. The number of fused-ring (bicyclic) bond motifs is 1. The van der Waals surface area contributed by atoms with Gasteiger partial charge in [-0.15, -0.1) is 11.3 Å². The van der Waals surface area contributed by atoms with E-state index in [0.29, 0.717) is 6.04 Å². The van der Waals surface area contributed by atoms with Crippen LogP contribution in [0.5, 0.6) is 5.75 Å². The van der Waals surface area contributed by atoms with Gasteiger partial charge in [-0.25, -0.2) is 4.98 Å². The summed E-state index contributed by atoms with van der Waals surface area (Å²) in [6, 6.07) is 6.52. The number of thiazole rings is 1. The van der Waals surface area contributed by atoms with Crippen molar-refractivity contribution in [2.24, 2.45) is 0 Å². The van der Waals surface area contributed by atoms with Crippen LogP contribution in [0, 0.1) is 0 Å². The van der Waals surface area contributed by atoms with Gasteiger partial charge in [0, 0.05) is 40.6 Å². The molecule has 94 valence electrons. The fourth-order valence-corrected chi connectivity index (χ4v) is 3.07.